The first kappa shape index (κ1) is 16.8. The molecule has 1 atom stereocenters. The van der Waals surface area contributed by atoms with Crippen LogP contribution in [-0.2, 0) is 11.3 Å². The SMILES string of the molecule is CC1(C2CCN(Cc3cc(-c4ccccc4)on3)CC2)NC(=O)NC1=O. The zero-order valence-electron chi connectivity index (χ0n) is 14.7. The highest BCUT2D eigenvalue weighted by molar-refractivity contribution is 6.06. The molecule has 0 saturated carbocycles. The highest BCUT2D eigenvalue weighted by Gasteiger charge is 2.48. The maximum atomic E-state index is 12.1. The summed E-state index contributed by atoms with van der Waals surface area (Å²) >= 11 is 0. The van der Waals surface area contributed by atoms with Crippen molar-refractivity contribution in [2.45, 2.75) is 31.8 Å². The monoisotopic (exact) mass is 354 g/mol. The third kappa shape index (κ3) is 3.10. The molecule has 1 aromatic heterocycles. The van der Waals surface area contributed by atoms with Gasteiger partial charge < -0.3 is 9.84 Å². The Morgan fingerprint density at radius 3 is 2.62 bits per heavy atom. The Morgan fingerprint density at radius 1 is 1.23 bits per heavy atom. The van der Waals surface area contributed by atoms with Crippen LogP contribution in [0.2, 0.25) is 0 Å². The number of carbonyl (C=O) groups is 2. The maximum Gasteiger partial charge on any atom is 0.322 e. The number of imide groups is 1. The summed E-state index contributed by atoms with van der Waals surface area (Å²) in [5, 5.41) is 9.32. The average molecular weight is 354 g/mol. The number of nitrogens with zero attached hydrogens (tertiary/aromatic N) is 2. The van der Waals surface area contributed by atoms with Crippen molar-refractivity contribution in [1.29, 1.82) is 0 Å². The van der Waals surface area contributed by atoms with Crippen molar-refractivity contribution in [3.05, 3.63) is 42.1 Å². The fraction of sp³-hybridized carbons (Fsp3) is 0.421. The average Bonchev–Trinajstić information content (AvgIpc) is 3.21. The number of hydrogen-bond donors (Lipinski definition) is 2. The molecular weight excluding hydrogens is 332 g/mol. The Labute approximate surface area is 151 Å². The predicted molar refractivity (Wildman–Crippen MR) is 95.0 cm³/mol. The molecule has 0 bridgehead atoms. The summed E-state index contributed by atoms with van der Waals surface area (Å²) in [6.07, 6.45) is 1.71. The summed E-state index contributed by atoms with van der Waals surface area (Å²) < 4.78 is 5.46. The van der Waals surface area contributed by atoms with Crippen LogP contribution in [0, 0.1) is 5.92 Å². The van der Waals surface area contributed by atoms with Crippen molar-refractivity contribution in [1.82, 2.24) is 20.7 Å². The van der Waals surface area contributed by atoms with E-state index in [9.17, 15) is 9.59 Å². The van der Waals surface area contributed by atoms with E-state index in [1.807, 2.05) is 43.3 Å². The Bertz CT molecular complexity index is 811. The molecule has 4 rings (SSSR count). The van der Waals surface area contributed by atoms with Gasteiger partial charge in [-0.2, -0.15) is 0 Å². The van der Waals surface area contributed by atoms with E-state index in [4.69, 9.17) is 4.52 Å². The van der Waals surface area contributed by atoms with Crippen LogP contribution in [-0.4, -0.2) is 40.6 Å². The van der Waals surface area contributed by atoms with Crippen LogP contribution >= 0.6 is 0 Å². The number of amides is 3. The zero-order chi connectivity index (χ0) is 18.1. The number of likely N-dealkylation sites (tertiary alicyclic amines) is 1. The molecule has 7 nitrogen and oxygen atoms in total. The van der Waals surface area contributed by atoms with E-state index < -0.39 is 11.6 Å². The fourth-order valence-electron chi connectivity index (χ4n) is 3.87. The van der Waals surface area contributed by atoms with E-state index in [-0.39, 0.29) is 11.8 Å². The summed E-state index contributed by atoms with van der Waals surface area (Å²) in [4.78, 5) is 25.9. The van der Waals surface area contributed by atoms with Crippen LogP contribution < -0.4 is 10.6 Å². The summed E-state index contributed by atoms with van der Waals surface area (Å²) in [5.41, 5.74) is 1.12. The molecule has 1 unspecified atom stereocenters. The Kier molecular flexibility index (Phi) is 4.24. The molecule has 2 fully saturated rings. The number of hydrogen-bond acceptors (Lipinski definition) is 5. The van der Waals surface area contributed by atoms with Gasteiger partial charge in [-0.3, -0.25) is 15.0 Å². The van der Waals surface area contributed by atoms with Crippen molar-refractivity contribution in [3.8, 4) is 11.3 Å². The minimum absolute atomic E-state index is 0.141. The highest BCUT2D eigenvalue weighted by Crippen LogP contribution is 2.31. The zero-order valence-corrected chi connectivity index (χ0v) is 14.7. The van der Waals surface area contributed by atoms with E-state index in [0.717, 1.165) is 49.5 Å². The summed E-state index contributed by atoms with van der Waals surface area (Å²) in [6.45, 7) is 4.25. The molecule has 2 saturated heterocycles. The van der Waals surface area contributed by atoms with Crippen LogP contribution in [0.1, 0.15) is 25.5 Å². The van der Waals surface area contributed by atoms with Crippen molar-refractivity contribution in [3.63, 3.8) is 0 Å². The number of benzene rings is 1. The van der Waals surface area contributed by atoms with Gasteiger partial charge in [0.15, 0.2) is 5.76 Å². The van der Waals surface area contributed by atoms with Crippen molar-refractivity contribution in [2.24, 2.45) is 5.92 Å². The Hall–Kier alpha value is -2.67. The van der Waals surface area contributed by atoms with Gasteiger partial charge in [0.25, 0.3) is 5.91 Å². The van der Waals surface area contributed by atoms with Crippen LogP contribution in [0.15, 0.2) is 40.9 Å². The van der Waals surface area contributed by atoms with Crippen molar-refractivity contribution >= 4 is 11.9 Å². The molecule has 0 spiro atoms. The first-order chi connectivity index (χ1) is 12.5. The molecule has 2 N–H and O–H groups in total. The van der Waals surface area contributed by atoms with Gasteiger partial charge in [-0.05, 0) is 38.8 Å². The van der Waals surface area contributed by atoms with Gasteiger partial charge in [0.1, 0.15) is 5.54 Å². The molecule has 0 radical (unpaired) electrons. The lowest BCUT2D eigenvalue weighted by atomic mass is 9.79. The fourth-order valence-corrected chi connectivity index (χ4v) is 3.87. The number of rotatable bonds is 4. The predicted octanol–water partition coefficient (Wildman–Crippen LogP) is 2.15. The van der Waals surface area contributed by atoms with E-state index in [0.29, 0.717) is 0 Å². The van der Waals surface area contributed by atoms with Crippen LogP contribution in [0.3, 0.4) is 0 Å². The molecule has 0 aliphatic carbocycles. The van der Waals surface area contributed by atoms with Gasteiger partial charge in [-0.1, -0.05) is 35.5 Å². The van der Waals surface area contributed by atoms with Gasteiger partial charge >= 0.3 is 6.03 Å². The second kappa shape index (κ2) is 6.57. The van der Waals surface area contributed by atoms with Crippen molar-refractivity contribution < 1.29 is 14.1 Å². The number of piperidine rings is 1. The third-order valence-electron chi connectivity index (χ3n) is 5.48. The Morgan fingerprint density at radius 2 is 1.96 bits per heavy atom. The van der Waals surface area contributed by atoms with Crippen LogP contribution in [0.25, 0.3) is 11.3 Å². The topological polar surface area (TPSA) is 87.5 Å². The smallest absolute Gasteiger partial charge is 0.322 e. The molecule has 2 aliphatic rings. The van der Waals surface area contributed by atoms with Gasteiger partial charge in [-0.15, -0.1) is 0 Å². The minimum atomic E-state index is -0.794. The molecule has 3 heterocycles. The molecule has 7 heteroatoms. The summed E-state index contributed by atoms with van der Waals surface area (Å²) in [5.74, 6) is 0.695. The summed E-state index contributed by atoms with van der Waals surface area (Å²) in [6, 6.07) is 11.5. The van der Waals surface area contributed by atoms with E-state index in [1.165, 1.54) is 0 Å². The normalized spacial score (nSPS) is 24.5. The number of carbonyl (C=O) groups excluding carboxylic acids is 2. The molecule has 2 aliphatic heterocycles. The number of nitrogens with one attached hydrogen (secondary N) is 2. The first-order valence-corrected chi connectivity index (χ1v) is 8.91. The van der Waals surface area contributed by atoms with Crippen LogP contribution in [0.5, 0.6) is 0 Å². The highest BCUT2D eigenvalue weighted by atomic mass is 16.5. The number of aromatic nitrogens is 1. The van der Waals surface area contributed by atoms with Gasteiger partial charge in [-0.25, -0.2) is 4.79 Å². The molecule has 136 valence electrons. The lowest BCUT2D eigenvalue weighted by molar-refractivity contribution is -0.125. The second-order valence-electron chi connectivity index (χ2n) is 7.21. The quantitative estimate of drug-likeness (QED) is 0.822. The van der Waals surface area contributed by atoms with E-state index in [1.54, 1.807) is 0 Å². The standard InChI is InChI=1S/C19H22N4O3/c1-19(17(24)20-18(25)21-19)14-7-9-23(10-8-14)12-15-11-16(26-22-15)13-5-3-2-4-6-13/h2-6,11,14H,7-10,12H2,1H3,(H2,20,21,24,25). The minimum Gasteiger partial charge on any atom is -0.356 e. The maximum absolute atomic E-state index is 12.1. The molecule has 2 aromatic rings. The largest absolute Gasteiger partial charge is 0.356 e. The van der Waals surface area contributed by atoms with E-state index in [2.05, 4.69) is 20.7 Å². The second-order valence-corrected chi connectivity index (χ2v) is 7.21. The van der Waals surface area contributed by atoms with Crippen molar-refractivity contribution in [2.75, 3.05) is 13.1 Å². The lowest BCUT2D eigenvalue weighted by Crippen LogP contribution is -2.53. The van der Waals surface area contributed by atoms with Gasteiger partial charge in [0.2, 0.25) is 0 Å². The van der Waals surface area contributed by atoms with Crippen LogP contribution in [0.4, 0.5) is 4.79 Å². The molecule has 1 aromatic carbocycles. The van der Waals surface area contributed by atoms with Gasteiger partial charge in [0.05, 0.1) is 5.69 Å². The Balaban J connectivity index is 1.35. The lowest BCUT2D eigenvalue weighted by Gasteiger charge is -2.38. The molecular formula is C19H22N4O3. The molecule has 26 heavy (non-hydrogen) atoms. The third-order valence-corrected chi connectivity index (χ3v) is 5.48. The number of urea groups is 1. The molecule has 3 amide bonds. The summed E-state index contributed by atoms with van der Waals surface area (Å²) in [7, 11) is 0. The first-order valence-electron chi connectivity index (χ1n) is 8.91. The van der Waals surface area contributed by atoms with E-state index >= 15 is 0 Å². The van der Waals surface area contributed by atoms with Gasteiger partial charge in [0, 0.05) is 18.2 Å².